The molecule has 486 valence electrons. The van der Waals surface area contributed by atoms with Crippen LogP contribution in [0.5, 0.6) is 0 Å². The summed E-state index contributed by atoms with van der Waals surface area (Å²) in [5.74, 6) is -6.82. The zero-order valence-electron chi connectivity index (χ0n) is 50.8. The Kier molecular flexibility index (Phi) is 21.0. The third kappa shape index (κ3) is 15.8. The molecule has 6 atom stereocenters. The minimum absolute atomic E-state index is 0.0211. The van der Waals surface area contributed by atoms with Gasteiger partial charge in [-0.15, -0.1) is 11.3 Å². The molecule has 3 amide bonds. The molecule has 28 heteroatoms. The summed E-state index contributed by atoms with van der Waals surface area (Å²) in [6, 6.07) is 15.4. The number of H-pyrrole nitrogens is 1. The number of aryl methyl sites for hydroxylation is 1. The number of aromatic nitrogens is 3. The van der Waals surface area contributed by atoms with E-state index >= 15 is 8.78 Å². The third-order valence-corrected chi connectivity index (χ3v) is 18.8. The summed E-state index contributed by atoms with van der Waals surface area (Å²) in [5.41, 5.74) is 4.32. The molecular formula is C63H73F3N11O12S2-. The first-order chi connectivity index (χ1) is 43.5. The fourth-order valence-corrected chi connectivity index (χ4v) is 13.7. The van der Waals surface area contributed by atoms with Crippen LogP contribution in [-0.4, -0.2) is 205 Å². The molecule has 1 unspecified atom stereocenters. The number of β-amino-alcohol motifs (C(OH)–C–C–N with tert-alkyl or cyclic N) is 1. The second-order valence-corrected chi connectivity index (χ2v) is 26.2. The number of hydrogen-bond donors (Lipinski definition) is 5. The number of aliphatic hydroxyl groups is 1. The van der Waals surface area contributed by atoms with Crippen LogP contribution < -0.4 is 19.9 Å². The Morgan fingerprint density at radius 2 is 1.59 bits per heavy atom. The number of nitrogens with zero attached hydrogens (tertiary/aromatic N) is 8. The van der Waals surface area contributed by atoms with Crippen molar-refractivity contribution < 1.29 is 70.4 Å². The maximum Gasteiger partial charge on any atom is 0.332 e. The first-order valence-electron chi connectivity index (χ1n) is 30.1. The fourth-order valence-electron chi connectivity index (χ4n) is 12.2. The summed E-state index contributed by atoms with van der Waals surface area (Å²) in [4.78, 5) is 101. The summed E-state index contributed by atoms with van der Waals surface area (Å²) in [6.45, 7) is 10.7. The van der Waals surface area contributed by atoms with Crippen molar-refractivity contribution in [3.8, 4) is 21.6 Å². The van der Waals surface area contributed by atoms with Gasteiger partial charge in [0.25, 0.3) is 0 Å². The molecule has 0 bridgehead atoms. The van der Waals surface area contributed by atoms with E-state index in [-0.39, 0.29) is 57.1 Å². The zero-order valence-corrected chi connectivity index (χ0v) is 52.4. The highest BCUT2D eigenvalue weighted by atomic mass is 32.2. The van der Waals surface area contributed by atoms with E-state index in [9.17, 15) is 47.0 Å². The number of thiazole rings is 1. The molecule has 4 saturated heterocycles. The SMILES string of the molecule is Cc1ncsc1-c1ccc([C@H](COC(=O)COCC(=O)O)NC(=O)[C@@H]2C[C@@H](O)CN2C(=O)[C@@H](NC(=O)CN2CCC(CN3CCN(c4ccc(-c5cnc6[nH]cc(C(=O)c7c(F)ccc(N(N8CC[C@@H](F)C8)S(=O)[O-])c7F)c6c5)cc4)CC3)CC2)C(C)(C)C)cc1. The summed E-state index contributed by atoms with van der Waals surface area (Å²) < 4.78 is 80.8. The number of likely N-dealkylation sites (tertiary alicyclic amines) is 2. The van der Waals surface area contributed by atoms with Crippen LogP contribution in [0, 0.1) is 29.9 Å². The van der Waals surface area contributed by atoms with Gasteiger partial charge in [0.05, 0.1) is 58.1 Å². The normalized spacial score (nSPS) is 19.7. The van der Waals surface area contributed by atoms with Crippen molar-refractivity contribution in [2.75, 3.05) is 101 Å². The lowest BCUT2D eigenvalue weighted by molar-refractivity contribution is -0.154. The number of piperidine rings is 1. The molecule has 4 aliphatic rings. The minimum Gasteiger partial charge on any atom is -0.754 e. The highest BCUT2D eigenvalue weighted by Crippen LogP contribution is 2.35. The van der Waals surface area contributed by atoms with Gasteiger partial charge in [-0.05, 0) is 97.6 Å². The van der Waals surface area contributed by atoms with E-state index in [1.54, 1.807) is 29.9 Å². The van der Waals surface area contributed by atoms with E-state index < -0.39 is 113 Å². The first kappa shape index (κ1) is 66.2. The number of hydrazine groups is 1. The Balaban J connectivity index is 0.697. The number of aliphatic hydroxyl groups excluding tert-OH is 1. The van der Waals surface area contributed by atoms with Crippen molar-refractivity contribution in [2.45, 2.75) is 83.8 Å². The van der Waals surface area contributed by atoms with Gasteiger partial charge in [0.1, 0.15) is 55.2 Å². The quantitative estimate of drug-likeness (QED) is 0.0298. The van der Waals surface area contributed by atoms with E-state index in [2.05, 4.69) is 40.3 Å². The molecule has 4 aliphatic heterocycles. The Morgan fingerprint density at radius 3 is 2.24 bits per heavy atom. The number of benzene rings is 3. The number of ketones is 1. The fraction of sp³-hybridized carbons (Fsp3) is 0.460. The predicted molar refractivity (Wildman–Crippen MR) is 332 cm³/mol. The number of halogens is 3. The van der Waals surface area contributed by atoms with Crippen molar-refractivity contribution >= 4 is 80.5 Å². The number of piperazine rings is 1. The molecule has 0 spiro atoms. The van der Waals surface area contributed by atoms with Gasteiger partial charge in [-0.1, -0.05) is 57.2 Å². The summed E-state index contributed by atoms with van der Waals surface area (Å²) >= 11 is -1.63. The molecule has 10 rings (SSSR count). The second kappa shape index (κ2) is 28.9. The standard InChI is InChI=1S/C63H74F3N11O12S2/c1-37-58(90-36-69-37)41-7-5-40(6-8-41)49(33-89-54(82)35-88-34-53(80)81)70-61(84)51-26-45(78)31-76(51)62(85)59(63(2,3)4)71-52(79)32-72-18-15-38(16-19-72)29-73-21-23-74(24-22-73)44-11-9-39(10-12-44)42-25-46-47(28-68-60(46)67-27-42)57(83)55-48(65)13-14-50(56(55)66)77(91(86)87)75-20-17-43(64)30-75/h5-14,25,27-28,36,38,43,45,49,51,59,78H,15-24,26,29-35H2,1-4H3,(H,67,68)(H,70,84)(H,71,79)(H,80,81)(H,86,87)/p-1/t43-,45-,49+,51+,59-/m1/s1. The molecule has 23 nitrogen and oxygen atoms in total. The minimum atomic E-state index is -3.10. The number of nitrogens with one attached hydrogen (secondary N) is 3. The number of carboxylic acid groups (broad SMARTS) is 1. The lowest BCUT2D eigenvalue weighted by atomic mass is 9.85. The number of carboxylic acids is 1. The molecular weight excluding hydrogens is 1220 g/mol. The molecule has 3 aromatic heterocycles. The molecule has 4 fully saturated rings. The van der Waals surface area contributed by atoms with Crippen molar-refractivity contribution in [1.82, 2.24) is 45.3 Å². The van der Waals surface area contributed by atoms with Crippen LogP contribution in [0.25, 0.3) is 32.6 Å². The topological polar surface area (TPSA) is 287 Å². The summed E-state index contributed by atoms with van der Waals surface area (Å²) in [7, 11) is 0. The molecule has 0 radical (unpaired) electrons. The number of aromatic amines is 1. The highest BCUT2D eigenvalue weighted by molar-refractivity contribution is 7.80. The molecule has 0 aliphatic carbocycles. The van der Waals surface area contributed by atoms with E-state index in [1.807, 2.05) is 64.1 Å². The maximum absolute atomic E-state index is 16.1. The Morgan fingerprint density at radius 1 is 0.879 bits per heavy atom. The number of fused-ring (bicyclic) bond motifs is 1. The number of aliphatic carboxylic acids is 1. The number of alkyl halides is 1. The van der Waals surface area contributed by atoms with Crippen molar-refractivity contribution in [2.24, 2.45) is 11.3 Å². The van der Waals surface area contributed by atoms with Crippen molar-refractivity contribution in [1.29, 1.82) is 0 Å². The predicted octanol–water partition coefficient (Wildman–Crippen LogP) is 5.56. The number of pyridine rings is 1. The van der Waals surface area contributed by atoms with Gasteiger partial charge in [-0.2, -0.15) is 0 Å². The number of carbonyl (C=O) groups excluding carboxylic acids is 5. The molecule has 91 heavy (non-hydrogen) atoms. The monoisotopic (exact) mass is 1300 g/mol. The van der Waals surface area contributed by atoms with Crippen LogP contribution in [0.1, 0.15) is 79.7 Å². The van der Waals surface area contributed by atoms with Gasteiger partial charge in [0, 0.05) is 86.8 Å². The average Bonchev–Trinajstić information content (AvgIpc) is 1.76. The molecule has 0 saturated carbocycles. The Labute approximate surface area is 530 Å². The Bertz CT molecular complexity index is 3650. The van der Waals surface area contributed by atoms with Gasteiger partial charge >= 0.3 is 11.9 Å². The van der Waals surface area contributed by atoms with E-state index in [0.29, 0.717) is 45.6 Å². The number of esters is 1. The number of amides is 3. The zero-order chi connectivity index (χ0) is 64.8. The van der Waals surface area contributed by atoms with Crippen LogP contribution in [0.4, 0.5) is 24.5 Å². The second-order valence-electron chi connectivity index (χ2n) is 24.5. The lowest BCUT2D eigenvalue weighted by Gasteiger charge is -2.40. The number of carbonyl (C=O) groups is 6. The van der Waals surface area contributed by atoms with Crippen LogP contribution in [-0.2, 0) is 44.7 Å². The summed E-state index contributed by atoms with van der Waals surface area (Å²) in [6.07, 6.45) is 2.24. The Hall–Kier alpha value is -7.70. The van der Waals surface area contributed by atoms with Gasteiger partial charge in [0.15, 0.2) is 5.82 Å². The van der Waals surface area contributed by atoms with Gasteiger partial charge < -0.3 is 49.7 Å². The van der Waals surface area contributed by atoms with Gasteiger partial charge in [-0.3, -0.25) is 33.2 Å². The van der Waals surface area contributed by atoms with E-state index in [4.69, 9.17) is 14.6 Å². The van der Waals surface area contributed by atoms with E-state index in [0.717, 1.165) is 90.1 Å². The molecule has 5 N–H and O–H groups in total. The van der Waals surface area contributed by atoms with Crippen LogP contribution in [0.3, 0.4) is 0 Å². The van der Waals surface area contributed by atoms with Crippen LogP contribution in [0.15, 0.2) is 84.6 Å². The molecule has 7 heterocycles. The van der Waals surface area contributed by atoms with Crippen molar-refractivity contribution in [3.63, 3.8) is 0 Å². The molecule has 6 aromatic rings. The van der Waals surface area contributed by atoms with Crippen LogP contribution in [0.2, 0.25) is 0 Å². The number of anilines is 2. The number of hydrogen-bond acceptors (Lipinski definition) is 18. The number of rotatable bonds is 23. The smallest absolute Gasteiger partial charge is 0.332 e. The average molecular weight is 1300 g/mol. The highest BCUT2D eigenvalue weighted by Gasteiger charge is 2.45. The number of ether oxygens (including phenoxy) is 2. The molecule has 3 aromatic carbocycles. The largest absolute Gasteiger partial charge is 0.754 e. The van der Waals surface area contributed by atoms with Crippen LogP contribution >= 0.6 is 11.3 Å². The third-order valence-electron chi connectivity index (χ3n) is 17.1. The first-order valence-corrected chi connectivity index (χ1v) is 32.0. The van der Waals surface area contributed by atoms with E-state index in [1.165, 1.54) is 22.4 Å². The van der Waals surface area contributed by atoms with Gasteiger partial charge in [-0.25, -0.2) is 42.2 Å². The maximum atomic E-state index is 16.1. The lowest BCUT2D eigenvalue weighted by Crippen LogP contribution is -2.59. The summed E-state index contributed by atoms with van der Waals surface area (Å²) in [5, 5.41) is 27.1. The van der Waals surface area contributed by atoms with Crippen molar-refractivity contribution in [3.05, 3.63) is 119 Å². The van der Waals surface area contributed by atoms with Gasteiger partial charge in [0.2, 0.25) is 23.5 Å².